The second-order valence-corrected chi connectivity index (χ2v) is 16.4. The summed E-state index contributed by atoms with van der Waals surface area (Å²) >= 11 is 0. The van der Waals surface area contributed by atoms with Crippen molar-refractivity contribution in [1.82, 2.24) is 15.0 Å². The smallest absolute Gasteiger partial charge is 0.159 e. The number of nitrogens with zero attached hydrogens (tertiary/aromatic N) is 4. The molecule has 0 saturated heterocycles. The molecule has 0 aromatic carbocycles. The van der Waals surface area contributed by atoms with Gasteiger partial charge in [0.05, 0.1) is 17.3 Å². The molecule has 1 aromatic heterocycles. The Morgan fingerprint density at radius 1 is 1.07 bits per heavy atom. The highest BCUT2D eigenvalue weighted by Gasteiger charge is 2.69. The van der Waals surface area contributed by atoms with Gasteiger partial charge in [0.2, 0.25) is 0 Å². The number of nitriles is 1. The molecule has 216 valence electrons. The van der Waals surface area contributed by atoms with Crippen molar-refractivity contribution in [1.29, 1.82) is 5.26 Å². The first kappa shape index (κ1) is 27.7. The number of ketones is 1. The summed E-state index contributed by atoms with van der Waals surface area (Å²) in [6, 6.07) is 2.33. The lowest BCUT2D eigenvalue weighted by Crippen LogP contribution is -2.65. The zero-order valence-electron chi connectivity index (χ0n) is 25.9. The summed E-state index contributed by atoms with van der Waals surface area (Å²) in [5, 5.41) is 29.8. The lowest BCUT2D eigenvalue weighted by molar-refractivity contribution is -0.175. The number of carbonyl (C=O) groups is 1. The van der Waals surface area contributed by atoms with Crippen molar-refractivity contribution >= 4 is 5.78 Å². The summed E-state index contributed by atoms with van der Waals surface area (Å²) in [5.41, 5.74) is 1.85. The van der Waals surface area contributed by atoms with Crippen molar-refractivity contribution in [2.24, 2.45) is 50.2 Å². The lowest BCUT2D eigenvalue weighted by atomic mass is 9.34. The fraction of sp³-hybridized carbons (Fsp3) is 0.765. The van der Waals surface area contributed by atoms with Crippen LogP contribution in [-0.4, -0.2) is 25.9 Å². The number of hydrogen-bond acceptors (Lipinski definition) is 5. The second-order valence-electron chi connectivity index (χ2n) is 16.4. The van der Waals surface area contributed by atoms with E-state index in [0.29, 0.717) is 23.7 Å². The van der Waals surface area contributed by atoms with E-state index in [1.807, 2.05) is 11.6 Å². The average molecular weight is 545 g/mol. The van der Waals surface area contributed by atoms with E-state index < -0.39 is 5.41 Å². The van der Waals surface area contributed by atoms with E-state index in [1.165, 1.54) is 12.0 Å². The van der Waals surface area contributed by atoms with Crippen LogP contribution in [0.25, 0.3) is 0 Å². The first-order valence-corrected chi connectivity index (χ1v) is 15.5. The van der Waals surface area contributed by atoms with E-state index in [9.17, 15) is 15.2 Å². The van der Waals surface area contributed by atoms with Crippen molar-refractivity contribution in [2.75, 3.05) is 0 Å². The maximum absolute atomic E-state index is 14.7. The molecule has 0 radical (unpaired) electrons. The number of aryl methyl sites for hydroxylation is 1. The van der Waals surface area contributed by atoms with Gasteiger partial charge in [0.15, 0.2) is 5.78 Å². The van der Waals surface area contributed by atoms with E-state index >= 15 is 0 Å². The van der Waals surface area contributed by atoms with E-state index in [1.54, 1.807) is 0 Å². The van der Waals surface area contributed by atoms with Crippen molar-refractivity contribution in [3.05, 3.63) is 34.9 Å². The van der Waals surface area contributed by atoms with Crippen LogP contribution in [0.1, 0.15) is 106 Å². The Hall–Kier alpha value is -2.42. The third kappa shape index (κ3) is 3.48. The van der Waals surface area contributed by atoms with Crippen LogP contribution < -0.4 is 0 Å². The monoisotopic (exact) mass is 544 g/mol. The standard InChI is InChI=1S/C34H48N4O2/c1-21-19-38(37-36-21)20-34-13-11-29(2,3)17-23(34)27-24(39)15-26-31(6)16-22(18-35)28(40)30(4,5)25(31)9-10-32(26,7)33(27,8)12-14-34/h15,19,23,25,27,40H,9-14,16-17,20H2,1-8H3/t23-,25-,27-,31-,32+,33+,34+/m0/s1. The van der Waals surface area contributed by atoms with Gasteiger partial charge in [-0.05, 0) is 103 Å². The largest absolute Gasteiger partial charge is 0.511 e. The number of hydrogen-bond donors (Lipinski definition) is 1. The Bertz CT molecular complexity index is 1380. The minimum atomic E-state index is -0.494. The molecule has 1 heterocycles. The molecule has 7 atom stereocenters. The number of aliphatic hydroxyl groups is 1. The maximum atomic E-state index is 14.7. The number of rotatable bonds is 2. The Labute approximate surface area is 240 Å². The number of aliphatic hydroxyl groups excluding tert-OH is 1. The molecule has 0 bridgehead atoms. The second kappa shape index (κ2) is 8.33. The molecule has 3 saturated carbocycles. The molecular weight excluding hydrogens is 496 g/mol. The number of allylic oxidation sites excluding steroid dienone is 4. The molecule has 5 aliphatic rings. The highest BCUT2D eigenvalue weighted by Crippen LogP contribution is 2.75. The van der Waals surface area contributed by atoms with Gasteiger partial charge in [0, 0.05) is 24.1 Å². The number of fused-ring (bicyclic) bond motifs is 7. The summed E-state index contributed by atoms with van der Waals surface area (Å²) in [4.78, 5) is 14.7. The zero-order valence-corrected chi connectivity index (χ0v) is 25.9. The van der Waals surface area contributed by atoms with Crippen LogP contribution in [0, 0.1) is 68.5 Å². The minimum Gasteiger partial charge on any atom is -0.511 e. The van der Waals surface area contributed by atoms with Gasteiger partial charge in [-0.1, -0.05) is 59.3 Å². The van der Waals surface area contributed by atoms with E-state index in [0.717, 1.165) is 50.8 Å². The van der Waals surface area contributed by atoms with Crippen molar-refractivity contribution in [3.63, 3.8) is 0 Å². The SMILES string of the molecule is Cc1cn(C[C@]23CCC(C)(C)C[C@H]2[C@H]2C(=O)C=C4[C@@]5(C)CC(C#N)=C(O)C(C)(C)[C@@H]5CC[C@@]4(C)[C@]2(C)CC3)nn1. The summed E-state index contributed by atoms with van der Waals surface area (Å²) in [5.74, 6) is 1.02. The third-order valence-electron chi connectivity index (χ3n) is 13.4. The van der Waals surface area contributed by atoms with E-state index in [-0.39, 0.29) is 44.7 Å². The van der Waals surface area contributed by atoms with Gasteiger partial charge in [0.1, 0.15) is 5.76 Å². The van der Waals surface area contributed by atoms with Gasteiger partial charge in [-0.25, -0.2) is 0 Å². The highest BCUT2D eigenvalue weighted by molar-refractivity contribution is 5.95. The van der Waals surface area contributed by atoms with E-state index in [4.69, 9.17) is 0 Å². The third-order valence-corrected chi connectivity index (χ3v) is 13.4. The van der Waals surface area contributed by atoms with Gasteiger partial charge < -0.3 is 5.11 Å². The first-order valence-electron chi connectivity index (χ1n) is 15.5. The molecule has 0 amide bonds. The van der Waals surface area contributed by atoms with Gasteiger partial charge in [-0.15, -0.1) is 5.10 Å². The highest BCUT2D eigenvalue weighted by atomic mass is 16.3. The minimum absolute atomic E-state index is 0.0182. The normalized spacial score (nSPS) is 43.5. The van der Waals surface area contributed by atoms with Crippen molar-refractivity contribution < 1.29 is 9.90 Å². The molecule has 3 fully saturated rings. The molecule has 40 heavy (non-hydrogen) atoms. The molecule has 5 aliphatic carbocycles. The van der Waals surface area contributed by atoms with Crippen molar-refractivity contribution in [3.8, 4) is 6.07 Å². The Morgan fingerprint density at radius 2 is 1.77 bits per heavy atom. The predicted molar refractivity (Wildman–Crippen MR) is 155 cm³/mol. The summed E-state index contributed by atoms with van der Waals surface area (Å²) < 4.78 is 2.04. The number of carbonyl (C=O) groups excluding carboxylic acids is 1. The molecular formula is C34H48N4O2. The van der Waals surface area contributed by atoms with Crippen LogP contribution in [0.5, 0.6) is 0 Å². The summed E-state index contributed by atoms with van der Waals surface area (Å²) in [6.45, 7) is 18.9. The fourth-order valence-electron chi connectivity index (χ4n) is 11.1. The Kier molecular flexibility index (Phi) is 5.77. The maximum Gasteiger partial charge on any atom is 0.159 e. The molecule has 0 unspecified atom stereocenters. The van der Waals surface area contributed by atoms with Crippen LogP contribution in [-0.2, 0) is 11.3 Å². The molecule has 1 N–H and O–H groups in total. The fourth-order valence-corrected chi connectivity index (χ4v) is 11.1. The molecule has 0 aliphatic heterocycles. The number of aromatic nitrogens is 3. The molecule has 6 heteroatoms. The Morgan fingerprint density at radius 3 is 2.42 bits per heavy atom. The molecule has 6 nitrogen and oxygen atoms in total. The quantitative estimate of drug-likeness (QED) is 0.416. The van der Waals surface area contributed by atoms with Crippen LogP contribution in [0.2, 0.25) is 0 Å². The summed E-state index contributed by atoms with van der Waals surface area (Å²) in [7, 11) is 0. The predicted octanol–water partition coefficient (Wildman–Crippen LogP) is 7.51. The van der Waals surface area contributed by atoms with E-state index in [2.05, 4.69) is 77.1 Å². The van der Waals surface area contributed by atoms with Gasteiger partial charge in [0.25, 0.3) is 0 Å². The van der Waals surface area contributed by atoms with Gasteiger partial charge in [-0.3, -0.25) is 9.48 Å². The topological polar surface area (TPSA) is 91.8 Å². The van der Waals surface area contributed by atoms with Crippen LogP contribution >= 0.6 is 0 Å². The molecule has 1 aromatic rings. The first-order chi connectivity index (χ1) is 18.5. The van der Waals surface area contributed by atoms with Crippen LogP contribution in [0.4, 0.5) is 0 Å². The van der Waals surface area contributed by atoms with Gasteiger partial charge >= 0.3 is 0 Å². The lowest BCUT2D eigenvalue weighted by Gasteiger charge is -2.69. The summed E-state index contributed by atoms with van der Waals surface area (Å²) in [6.07, 6.45) is 12.1. The zero-order chi connectivity index (χ0) is 29.1. The van der Waals surface area contributed by atoms with Crippen molar-refractivity contribution in [2.45, 2.75) is 113 Å². The average Bonchev–Trinajstić information content (AvgIpc) is 3.27. The van der Waals surface area contributed by atoms with Crippen LogP contribution in [0.15, 0.2) is 29.2 Å². The molecule has 0 spiro atoms. The Balaban J connectivity index is 1.48. The van der Waals surface area contributed by atoms with Gasteiger partial charge in [-0.2, -0.15) is 5.26 Å². The molecule has 6 rings (SSSR count). The van der Waals surface area contributed by atoms with Crippen LogP contribution in [0.3, 0.4) is 0 Å².